The molecule has 0 radical (unpaired) electrons. The molecule has 2 heterocycles. The number of aromatic nitrogens is 3. The Morgan fingerprint density at radius 1 is 0.935 bits per heavy atom. The van der Waals surface area contributed by atoms with Crippen LogP contribution in [-0.4, -0.2) is 64.5 Å². The molecule has 2 aromatic heterocycles. The molecule has 1 atom stereocenters. The average molecular weight is 702 g/mol. The Balaban J connectivity index is 0.00000368. The van der Waals surface area contributed by atoms with Gasteiger partial charge in [-0.2, -0.15) is 13.2 Å². The van der Waals surface area contributed by atoms with Gasteiger partial charge in [0.2, 0.25) is 5.16 Å². The molecule has 13 nitrogen and oxygen atoms in total. The van der Waals surface area contributed by atoms with Crippen LogP contribution in [0.15, 0.2) is 64.8 Å². The minimum Gasteiger partial charge on any atom is -0.546 e. The van der Waals surface area contributed by atoms with Gasteiger partial charge in [0.1, 0.15) is 19.0 Å². The van der Waals surface area contributed by atoms with Gasteiger partial charge in [0, 0.05) is 17.8 Å². The van der Waals surface area contributed by atoms with E-state index in [1.165, 1.54) is 31.2 Å². The third-order valence-electron chi connectivity index (χ3n) is 5.76. The van der Waals surface area contributed by atoms with Crippen molar-refractivity contribution in [2.24, 2.45) is 0 Å². The normalized spacial score (nSPS) is 12.0. The summed E-state index contributed by atoms with van der Waals surface area (Å²) in [7, 11) is -6.93. The predicted molar refractivity (Wildman–Crippen MR) is 140 cm³/mol. The molecule has 0 N–H and O–H groups in total. The molecule has 0 spiro atoms. The van der Waals surface area contributed by atoms with E-state index in [1.54, 1.807) is 6.07 Å². The number of fused-ring (bicyclic) bond motifs is 1. The Bertz CT molecular complexity index is 1870. The fourth-order valence-electron chi connectivity index (χ4n) is 3.83. The van der Waals surface area contributed by atoms with Crippen molar-refractivity contribution >= 4 is 43.8 Å². The van der Waals surface area contributed by atoms with Crippen molar-refractivity contribution < 1.29 is 119 Å². The number of carbonyl (C=O) groups is 2. The van der Waals surface area contributed by atoms with E-state index < -0.39 is 80.3 Å². The van der Waals surface area contributed by atoms with Crippen molar-refractivity contribution in [2.75, 3.05) is 19.8 Å². The molecule has 0 saturated carbocycles. The number of aliphatic carboxylic acids is 2. The number of halogens is 3. The number of pyridine rings is 1. The molecule has 20 heteroatoms. The van der Waals surface area contributed by atoms with Crippen LogP contribution in [0.1, 0.15) is 11.3 Å². The minimum atomic E-state index is -4.68. The van der Waals surface area contributed by atoms with Crippen molar-refractivity contribution in [3.05, 3.63) is 66.0 Å². The van der Waals surface area contributed by atoms with E-state index in [1.807, 2.05) is 0 Å². The first kappa shape index (κ1) is 39.5. The second-order valence-electron chi connectivity index (χ2n) is 8.86. The third-order valence-corrected chi connectivity index (χ3v) is 8.79. The summed E-state index contributed by atoms with van der Waals surface area (Å²) < 4.78 is 95.2. The second kappa shape index (κ2) is 16.4. The largest absolute Gasteiger partial charge is 1.00 e. The smallest absolute Gasteiger partial charge is 0.546 e. The van der Waals surface area contributed by atoms with Crippen LogP contribution in [0.25, 0.3) is 11.0 Å². The van der Waals surface area contributed by atoms with Crippen molar-refractivity contribution in [3.8, 4) is 17.2 Å². The summed E-state index contributed by atoms with van der Waals surface area (Å²) in [5, 5.41) is 21.3. The summed E-state index contributed by atoms with van der Waals surface area (Å²) in [6.07, 6.45) is -3.45. The molecule has 0 aliphatic rings. The first-order valence-electron chi connectivity index (χ1n) is 12.2. The number of hydrogen-bond donors (Lipinski definition) is 0. The molecular weight excluding hydrogens is 681 g/mol. The Hall–Kier alpha value is -2.71. The van der Waals surface area contributed by atoms with Gasteiger partial charge >= 0.3 is 65.3 Å². The van der Waals surface area contributed by atoms with Gasteiger partial charge in [-0.25, -0.2) is 17.4 Å². The first-order valence-corrected chi connectivity index (χ1v) is 15.0. The number of nitrogens with zero attached hydrogens (tertiary/aromatic N) is 3. The van der Waals surface area contributed by atoms with Gasteiger partial charge in [-0.3, -0.25) is 9.19 Å². The van der Waals surface area contributed by atoms with Crippen molar-refractivity contribution in [1.82, 2.24) is 13.9 Å². The summed E-state index contributed by atoms with van der Waals surface area (Å²) >= 11 is 0. The van der Waals surface area contributed by atoms with E-state index in [4.69, 9.17) is 14.2 Å². The van der Waals surface area contributed by atoms with Crippen molar-refractivity contribution in [3.63, 3.8) is 0 Å². The number of rotatable bonds is 13. The molecule has 0 saturated heterocycles. The van der Waals surface area contributed by atoms with Crippen LogP contribution in [0.5, 0.6) is 17.2 Å². The standard InChI is InChI=1S/C26H22F3N3O10S2.2Na/c1-15-18(30-9-8-20(15)42-14-26(27,28)29)13-43(37)25-31-17-4-2-3-5-19(17)32(25)44(38,39)16-6-7-21(40-11-23(33)34)22(10-16)41-12-24(35)36;;/h2-10H,11-14H2,1H3,(H,33,34)(H,35,36);;/q;2*+1/p-2. The van der Waals surface area contributed by atoms with Gasteiger partial charge in [0.25, 0.3) is 10.0 Å². The SMILES string of the molecule is Cc1c(OCC(F)(F)F)ccnc1CS(=O)c1nc2ccccc2n1S(=O)(=O)c1ccc(OCC(=O)[O-])c(OCC(=O)[O-])c1.[Na+].[Na+]. The van der Waals surface area contributed by atoms with Gasteiger partial charge in [0.05, 0.1) is 50.1 Å². The molecule has 1 unspecified atom stereocenters. The van der Waals surface area contributed by atoms with Gasteiger partial charge in [-0.15, -0.1) is 0 Å². The van der Waals surface area contributed by atoms with Gasteiger partial charge in [-0.1, -0.05) is 12.1 Å². The number of ether oxygens (including phenoxy) is 3. The molecule has 0 aliphatic carbocycles. The number of carboxylic acid groups (broad SMARTS) is 2. The van der Waals surface area contributed by atoms with Crippen molar-refractivity contribution in [1.29, 1.82) is 0 Å². The fourth-order valence-corrected chi connectivity index (χ4v) is 6.89. The fraction of sp³-hybridized carbons (Fsp3) is 0.231. The van der Waals surface area contributed by atoms with Crippen LogP contribution in [-0.2, 0) is 36.2 Å². The molecule has 0 amide bonds. The van der Waals surface area contributed by atoms with E-state index in [9.17, 15) is 45.6 Å². The molecule has 0 fully saturated rings. The van der Waals surface area contributed by atoms with Crippen LogP contribution in [0, 0.1) is 6.92 Å². The zero-order chi connectivity index (χ0) is 32.2. The van der Waals surface area contributed by atoms with Gasteiger partial charge < -0.3 is 34.0 Å². The molecule has 4 aromatic rings. The first-order chi connectivity index (χ1) is 20.7. The van der Waals surface area contributed by atoms with Crippen LogP contribution < -0.4 is 83.5 Å². The van der Waals surface area contributed by atoms with E-state index in [-0.39, 0.29) is 92.9 Å². The Morgan fingerprint density at radius 3 is 2.20 bits per heavy atom. The Kier molecular flexibility index (Phi) is 14.1. The molecular formula is C26H20F3N3Na2O10S2. The maximum absolute atomic E-state index is 14.0. The van der Waals surface area contributed by atoms with Gasteiger partial charge in [-0.05, 0) is 37.3 Å². The summed E-state index contributed by atoms with van der Waals surface area (Å²) in [6, 6.07) is 10.0. The summed E-state index contributed by atoms with van der Waals surface area (Å²) in [6.45, 7) is -2.16. The molecule has 0 bridgehead atoms. The van der Waals surface area contributed by atoms with Gasteiger partial charge in [0.15, 0.2) is 18.1 Å². The molecule has 2 aromatic carbocycles. The zero-order valence-electron chi connectivity index (χ0n) is 24.4. The maximum Gasteiger partial charge on any atom is 1.00 e. The molecule has 46 heavy (non-hydrogen) atoms. The summed E-state index contributed by atoms with van der Waals surface area (Å²) in [4.78, 5) is 29.6. The van der Waals surface area contributed by atoms with E-state index in [2.05, 4.69) is 9.97 Å². The predicted octanol–water partition coefficient (Wildman–Crippen LogP) is -5.51. The summed E-state index contributed by atoms with van der Waals surface area (Å²) in [5.74, 6) is -4.67. The monoisotopic (exact) mass is 701 g/mol. The number of benzene rings is 2. The number of carbonyl (C=O) groups excluding carboxylic acids is 2. The number of hydrogen-bond acceptors (Lipinski definition) is 12. The zero-order valence-corrected chi connectivity index (χ0v) is 30.0. The quantitative estimate of drug-likeness (QED) is 0.121. The maximum atomic E-state index is 14.0. The van der Waals surface area contributed by atoms with Crippen molar-refractivity contribution in [2.45, 2.75) is 28.9 Å². The Labute approximate surface area is 306 Å². The second-order valence-corrected chi connectivity index (χ2v) is 12.0. The minimum absolute atomic E-state index is 0. The van der Waals surface area contributed by atoms with Crippen LogP contribution >= 0.6 is 0 Å². The average Bonchev–Trinajstić information content (AvgIpc) is 3.36. The number of para-hydroxylation sites is 2. The molecule has 4 rings (SSSR count). The van der Waals surface area contributed by atoms with Crippen LogP contribution in [0.3, 0.4) is 0 Å². The van der Waals surface area contributed by atoms with Crippen LogP contribution in [0.4, 0.5) is 13.2 Å². The molecule has 0 aliphatic heterocycles. The number of imidazole rings is 1. The summed E-state index contributed by atoms with van der Waals surface area (Å²) in [5.41, 5.74) is 0.356. The topological polar surface area (TPSA) is 190 Å². The third kappa shape index (κ3) is 9.66. The Morgan fingerprint density at radius 2 is 1.57 bits per heavy atom. The van der Waals surface area contributed by atoms with E-state index in [0.29, 0.717) is 3.97 Å². The van der Waals surface area contributed by atoms with Crippen LogP contribution in [0.2, 0.25) is 0 Å². The number of carboxylic acids is 2. The molecule has 234 valence electrons. The van der Waals surface area contributed by atoms with E-state index in [0.717, 1.165) is 24.4 Å². The van der Waals surface area contributed by atoms with E-state index >= 15 is 0 Å². The number of alkyl halides is 3.